The van der Waals surface area contributed by atoms with Gasteiger partial charge in [-0.15, -0.1) is 0 Å². The molecule has 0 unspecified atom stereocenters. The van der Waals surface area contributed by atoms with Crippen LogP contribution in [-0.2, 0) is 16.0 Å². The summed E-state index contributed by atoms with van der Waals surface area (Å²) in [6.45, 7) is 9.31. The van der Waals surface area contributed by atoms with E-state index in [1.54, 1.807) is 4.90 Å². The molecule has 23 heavy (non-hydrogen) atoms. The van der Waals surface area contributed by atoms with E-state index in [0.717, 1.165) is 44.0 Å². The van der Waals surface area contributed by atoms with E-state index in [4.69, 9.17) is 4.74 Å². The van der Waals surface area contributed by atoms with E-state index in [1.165, 1.54) is 5.56 Å². The molecule has 1 fully saturated rings. The number of ether oxygens (including phenoxy) is 1. The predicted octanol–water partition coefficient (Wildman–Crippen LogP) is 0.999. The molecule has 5 nitrogen and oxygen atoms in total. The minimum atomic E-state index is 0.00164. The zero-order valence-electron chi connectivity index (χ0n) is 14.3. The van der Waals surface area contributed by atoms with Gasteiger partial charge in [0.1, 0.15) is 0 Å². The van der Waals surface area contributed by atoms with Crippen molar-refractivity contribution in [1.82, 2.24) is 9.80 Å². The predicted molar refractivity (Wildman–Crippen MR) is 90.5 cm³/mol. The molecule has 5 heteroatoms. The molecule has 1 saturated heterocycles. The van der Waals surface area contributed by atoms with Crippen molar-refractivity contribution in [2.24, 2.45) is 0 Å². The van der Waals surface area contributed by atoms with Gasteiger partial charge in [-0.3, -0.25) is 9.69 Å². The smallest absolute Gasteiger partial charge is 0.227 e. The Kier molecular flexibility index (Phi) is 7.02. The molecule has 0 aliphatic carbocycles. The number of nitrogens with zero attached hydrogens (tertiary/aromatic N) is 2. The number of rotatable bonds is 7. The van der Waals surface area contributed by atoms with Crippen molar-refractivity contribution >= 4 is 5.91 Å². The second-order valence-electron chi connectivity index (χ2n) is 6.17. The molecular weight excluding hydrogens is 292 g/mol. The van der Waals surface area contributed by atoms with E-state index < -0.39 is 0 Å². The first-order chi connectivity index (χ1) is 11.1. The Labute approximate surface area is 138 Å². The molecule has 1 amide bonds. The van der Waals surface area contributed by atoms with E-state index in [0.29, 0.717) is 19.5 Å². The summed E-state index contributed by atoms with van der Waals surface area (Å²) in [7, 11) is 0. The molecular formula is C18H28N2O3. The normalized spacial score (nSPS) is 15.6. The number of hydrogen-bond acceptors (Lipinski definition) is 4. The summed E-state index contributed by atoms with van der Waals surface area (Å²) in [6, 6.07) is 6.20. The van der Waals surface area contributed by atoms with Crippen LogP contribution in [0.15, 0.2) is 18.2 Å². The van der Waals surface area contributed by atoms with Crippen molar-refractivity contribution in [2.45, 2.75) is 20.3 Å². The van der Waals surface area contributed by atoms with Crippen molar-refractivity contribution in [1.29, 1.82) is 0 Å². The van der Waals surface area contributed by atoms with Gasteiger partial charge >= 0.3 is 0 Å². The number of benzene rings is 1. The SMILES string of the molecule is Cc1ccc(C)c(CC(=O)N(CCO)CCN2CCOCC2)c1. The van der Waals surface area contributed by atoms with Gasteiger partial charge in [0.05, 0.1) is 26.2 Å². The Hall–Kier alpha value is -1.43. The third-order valence-corrected chi connectivity index (χ3v) is 4.36. The van der Waals surface area contributed by atoms with Crippen molar-refractivity contribution in [2.75, 3.05) is 52.5 Å². The Morgan fingerprint density at radius 3 is 2.70 bits per heavy atom. The van der Waals surface area contributed by atoms with Crippen LogP contribution in [0.2, 0.25) is 0 Å². The lowest BCUT2D eigenvalue weighted by Crippen LogP contribution is -2.44. The van der Waals surface area contributed by atoms with Gasteiger partial charge in [-0.05, 0) is 25.0 Å². The lowest BCUT2D eigenvalue weighted by Gasteiger charge is -2.30. The highest BCUT2D eigenvalue weighted by molar-refractivity contribution is 5.79. The molecule has 2 rings (SSSR count). The topological polar surface area (TPSA) is 53.0 Å². The number of morpholine rings is 1. The number of aliphatic hydroxyl groups is 1. The summed E-state index contributed by atoms with van der Waals surface area (Å²) in [5, 5.41) is 9.26. The molecule has 128 valence electrons. The lowest BCUT2D eigenvalue weighted by molar-refractivity contribution is -0.131. The molecule has 1 heterocycles. The largest absolute Gasteiger partial charge is 0.395 e. The molecule has 1 aromatic carbocycles. The first-order valence-electron chi connectivity index (χ1n) is 8.35. The van der Waals surface area contributed by atoms with Crippen LogP contribution < -0.4 is 0 Å². The maximum atomic E-state index is 12.6. The van der Waals surface area contributed by atoms with E-state index in [2.05, 4.69) is 23.1 Å². The second kappa shape index (κ2) is 9.01. The number of amides is 1. The van der Waals surface area contributed by atoms with Gasteiger partial charge in [-0.25, -0.2) is 0 Å². The highest BCUT2D eigenvalue weighted by Gasteiger charge is 2.17. The van der Waals surface area contributed by atoms with Gasteiger partial charge < -0.3 is 14.7 Å². The number of hydrogen-bond donors (Lipinski definition) is 1. The summed E-state index contributed by atoms with van der Waals surface area (Å²) < 4.78 is 5.34. The van der Waals surface area contributed by atoms with E-state index in [1.807, 2.05) is 13.8 Å². The van der Waals surface area contributed by atoms with Gasteiger partial charge in [0.15, 0.2) is 0 Å². The third kappa shape index (κ3) is 5.61. The minimum absolute atomic E-state index is 0.00164. The molecule has 0 aromatic heterocycles. The van der Waals surface area contributed by atoms with Crippen LogP contribution in [0.1, 0.15) is 16.7 Å². The van der Waals surface area contributed by atoms with Crippen molar-refractivity contribution in [3.63, 3.8) is 0 Å². The van der Waals surface area contributed by atoms with Gasteiger partial charge in [-0.1, -0.05) is 23.8 Å². The maximum absolute atomic E-state index is 12.6. The van der Waals surface area contributed by atoms with Crippen molar-refractivity contribution in [3.05, 3.63) is 34.9 Å². The Bertz CT molecular complexity index is 513. The fourth-order valence-electron chi connectivity index (χ4n) is 2.83. The van der Waals surface area contributed by atoms with Crippen LogP contribution in [0, 0.1) is 13.8 Å². The first kappa shape index (κ1) is 17.9. The number of carbonyl (C=O) groups is 1. The first-order valence-corrected chi connectivity index (χ1v) is 8.35. The van der Waals surface area contributed by atoms with Crippen molar-refractivity contribution in [3.8, 4) is 0 Å². The Balaban J connectivity index is 1.92. The summed E-state index contributed by atoms with van der Waals surface area (Å²) in [5.41, 5.74) is 3.38. The van der Waals surface area contributed by atoms with Gasteiger partial charge in [0.25, 0.3) is 0 Å². The fourth-order valence-corrected chi connectivity index (χ4v) is 2.83. The molecule has 0 radical (unpaired) electrons. The zero-order valence-corrected chi connectivity index (χ0v) is 14.3. The number of carbonyl (C=O) groups excluding carboxylic acids is 1. The van der Waals surface area contributed by atoms with Crippen LogP contribution >= 0.6 is 0 Å². The summed E-state index contributed by atoms with van der Waals surface area (Å²) in [4.78, 5) is 16.7. The Morgan fingerprint density at radius 2 is 2.00 bits per heavy atom. The monoisotopic (exact) mass is 320 g/mol. The van der Waals surface area contributed by atoms with Crippen LogP contribution in [0.3, 0.4) is 0 Å². The molecule has 1 aromatic rings. The lowest BCUT2D eigenvalue weighted by atomic mass is 10.0. The maximum Gasteiger partial charge on any atom is 0.227 e. The van der Waals surface area contributed by atoms with E-state index in [-0.39, 0.29) is 12.5 Å². The van der Waals surface area contributed by atoms with Crippen LogP contribution in [-0.4, -0.2) is 73.4 Å². The Morgan fingerprint density at radius 1 is 1.26 bits per heavy atom. The van der Waals surface area contributed by atoms with Crippen LogP contribution in [0.25, 0.3) is 0 Å². The van der Waals surface area contributed by atoms with Crippen LogP contribution in [0.5, 0.6) is 0 Å². The molecule has 0 atom stereocenters. The van der Waals surface area contributed by atoms with E-state index >= 15 is 0 Å². The minimum Gasteiger partial charge on any atom is -0.395 e. The number of aliphatic hydroxyl groups excluding tert-OH is 1. The fraction of sp³-hybridized carbons (Fsp3) is 0.611. The standard InChI is InChI=1S/C18H28N2O3/c1-15-3-4-16(2)17(13-15)14-18(22)20(7-10-21)6-5-19-8-11-23-12-9-19/h3-4,13,21H,5-12,14H2,1-2H3. The van der Waals surface area contributed by atoms with Gasteiger partial charge in [0.2, 0.25) is 5.91 Å². The average molecular weight is 320 g/mol. The molecule has 1 N–H and O–H groups in total. The van der Waals surface area contributed by atoms with Crippen LogP contribution in [0.4, 0.5) is 0 Å². The molecule has 0 saturated carbocycles. The van der Waals surface area contributed by atoms with Crippen molar-refractivity contribution < 1.29 is 14.6 Å². The highest BCUT2D eigenvalue weighted by Crippen LogP contribution is 2.12. The molecule has 1 aliphatic rings. The third-order valence-electron chi connectivity index (χ3n) is 4.36. The average Bonchev–Trinajstić information content (AvgIpc) is 2.55. The summed E-state index contributed by atoms with van der Waals surface area (Å²) in [6.07, 6.45) is 0.399. The number of aryl methyl sites for hydroxylation is 2. The molecule has 0 bridgehead atoms. The second-order valence-corrected chi connectivity index (χ2v) is 6.17. The quantitative estimate of drug-likeness (QED) is 0.814. The highest BCUT2D eigenvalue weighted by atomic mass is 16.5. The van der Waals surface area contributed by atoms with Gasteiger partial charge in [0, 0.05) is 32.7 Å². The summed E-state index contributed by atoms with van der Waals surface area (Å²) in [5.74, 6) is 0.0843. The van der Waals surface area contributed by atoms with Gasteiger partial charge in [-0.2, -0.15) is 0 Å². The summed E-state index contributed by atoms with van der Waals surface area (Å²) >= 11 is 0. The molecule has 0 spiro atoms. The zero-order chi connectivity index (χ0) is 16.7. The molecule has 1 aliphatic heterocycles. The van der Waals surface area contributed by atoms with E-state index in [9.17, 15) is 9.90 Å².